The van der Waals surface area contributed by atoms with Gasteiger partial charge in [0.2, 0.25) is 0 Å². The Morgan fingerprint density at radius 2 is 2.03 bits per heavy atom. The number of hydrogen-bond donors (Lipinski definition) is 1. The second kappa shape index (κ2) is 8.93. The Balaban J connectivity index is 1.89. The van der Waals surface area contributed by atoms with Crippen LogP contribution in [0.1, 0.15) is 56.7 Å². The number of rotatable bonds is 5. The Kier molecular flexibility index (Phi) is 6.53. The number of halogens is 1. The standard InChI is InChI=1S/C25H28ClN3O/c1-5-29-23-13-22(26)19(12-21(23)17(2)14-25(29,3)4)11-20(15-27)24(30)28-16-18-9-7-6-8-10-18/h6-13,17H,5,14,16H2,1-4H3,(H,28,30)/b20-11+. The molecule has 1 unspecified atom stereocenters. The van der Waals surface area contributed by atoms with Gasteiger partial charge in [0.05, 0.1) is 0 Å². The van der Waals surface area contributed by atoms with E-state index in [1.165, 1.54) is 5.56 Å². The summed E-state index contributed by atoms with van der Waals surface area (Å²) in [6.07, 6.45) is 2.62. The van der Waals surface area contributed by atoms with E-state index < -0.39 is 5.91 Å². The maximum Gasteiger partial charge on any atom is 0.262 e. The van der Waals surface area contributed by atoms with Crippen LogP contribution in [-0.2, 0) is 11.3 Å². The Labute approximate surface area is 184 Å². The van der Waals surface area contributed by atoms with E-state index in [-0.39, 0.29) is 11.1 Å². The van der Waals surface area contributed by atoms with Crippen molar-refractivity contribution >= 4 is 29.3 Å². The van der Waals surface area contributed by atoms with Crippen molar-refractivity contribution in [1.82, 2.24) is 5.32 Å². The summed E-state index contributed by atoms with van der Waals surface area (Å²) in [6.45, 7) is 10.1. The van der Waals surface area contributed by atoms with Crippen molar-refractivity contribution in [2.45, 2.75) is 52.1 Å². The third-order valence-corrected chi connectivity index (χ3v) is 6.11. The number of amides is 1. The lowest BCUT2D eigenvalue weighted by Crippen LogP contribution is -2.48. The SMILES string of the molecule is CCN1c2cc(Cl)c(/C=C(\C#N)C(=O)NCc3ccccc3)cc2C(C)CC1(C)C. The van der Waals surface area contributed by atoms with Gasteiger partial charge in [-0.15, -0.1) is 0 Å². The van der Waals surface area contributed by atoms with Crippen LogP contribution in [-0.4, -0.2) is 18.0 Å². The zero-order valence-electron chi connectivity index (χ0n) is 18.0. The summed E-state index contributed by atoms with van der Waals surface area (Å²) < 4.78 is 0. The predicted molar refractivity (Wildman–Crippen MR) is 123 cm³/mol. The van der Waals surface area contributed by atoms with Crippen LogP contribution in [0.4, 0.5) is 5.69 Å². The summed E-state index contributed by atoms with van der Waals surface area (Å²) in [5, 5.41) is 12.9. The number of anilines is 1. The van der Waals surface area contributed by atoms with Crippen molar-refractivity contribution < 1.29 is 4.79 Å². The smallest absolute Gasteiger partial charge is 0.262 e. The molecule has 1 atom stereocenters. The van der Waals surface area contributed by atoms with Crippen molar-refractivity contribution in [1.29, 1.82) is 5.26 Å². The fourth-order valence-corrected chi connectivity index (χ4v) is 4.62. The van der Waals surface area contributed by atoms with E-state index in [4.69, 9.17) is 11.6 Å². The monoisotopic (exact) mass is 421 g/mol. The molecule has 0 saturated carbocycles. The van der Waals surface area contributed by atoms with Gasteiger partial charge in [-0.3, -0.25) is 4.79 Å². The molecule has 1 aliphatic rings. The summed E-state index contributed by atoms with van der Waals surface area (Å²) in [7, 11) is 0. The number of carbonyl (C=O) groups is 1. The molecule has 2 aromatic carbocycles. The lowest BCUT2D eigenvalue weighted by Gasteiger charge is -2.47. The molecule has 3 rings (SSSR count). The van der Waals surface area contributed by atoms with Gasteiger partial charge in [-0.2, -0.15) is 5.26 Å². The molecule has 1 aliphatic heterocycles. The van der Waals surface area contributed by atoms with Crippen molar-refractivity contribution in [2.75, 3.05) is 11.4 Å². The van der Waals surface area contributed by atoms with Crippen LogP contribution in [0.2, 0.25) is 5.02 Å². The van der Waals surface area contributed by atoms with Crippen molar-refractivity contribution in [3.8, 4) is 6.07 Å². The molecule has 1 N–H and O–H groups in total. The van der Waals surface area contributed by atoms with Gasteiger partial charge in [-0.1, -0.05) is 48.9 Å². The van der Waals surface area contributed by atoms with Gasteiger partial charge in [0, 0.05) is 29.3 Å². The van der Waals surface area contributed by atoms with E-state index in [0.29, 0.717) is 23.0 Å². The topological polar surface area (TPSA) is 56.1 Å². The zero-order valence-corrected chi connectivity index (χ0v) is 18.8. The summed E-state index contributed by atoms with van der Waals surface area (Å²) in [5.41, 5.74) is 4.11. The van der Waals surface area contributed by atoms with E-state index in [2.05, 4.69) is 37.9 Å². The molecule has 0 aromatic heterocycles. The van der Waals surface area contributed by atoms with Gasteiger partial charge >= 0.3 is 0 Å². The average Bonchev–Trinajstić information content (AvgIpc) is 2.71. The minimum absolute atomic E-state index is 0.0453. The second-order valence-corrected chi connectivity index (χ2v) is 8.84. The first-order valence-corrected chi connectivity index (χ1v) is 10.7. The number of carbonyl (C=O) groups excluding carboxylic acids is 1. The number of fused-ring (bicyclic) bond motifs is 1. The molecule has 0 aliphatic carbocycles. The molecule has 5 heteroatoms. The van der Waals surface area contributed by atoms with Crippen molar-refractivity contribution in [3.05, 3.63) is 69.8 Å². The highest BCUT2D eigenvalue weighted by molar-refractivity contribution is 6.32. The van der Waals surface area contributed by atoms with Crippen LogP contribution in [0.15, 0.2) is 48.0 Å². The molecular weight excluding hydrogens is 394 g/mol. The Hall–Kier alpha value is -2.77. The summed E-state index contributed by atoms with van der Waals surface area (Å²) in [4.78, 5) is 14.9. The Morgan fingerprint density at radius 1 is 1.33 bits per heavy atom. The molecular formula is C25H28ClN3O. The van der Waals surface area contributed by atoms with E-state index in [9.17, 15) is 10.1 Å². The van der Waals surface area contributed by atoms with Gasteiger partial charge < -0.3 is 10.2 Å². The number of benzene rings is 2. The molecule has 0 spiro atoms. The largest absolute Gasteiger partial charge is 0.366 e. The van der Waals surface area contributed by atoms with Gasteiger partial charge in [-0.05, 0) is 68.0 Å². The van der Waals surface area contributed by atoms with Gasteiger partial charge in [-0.25, -0.2) is 0 Å². The third kappa shape index (κ3) is 4.52. The quantitative estimate of drug-likeness (QED) is 0.499. The molecule has 1 amide bonds. The normalized spacial score (nSPS) is 17.8. The molecule has 0 saturated heterocycles. The second-order valence-electron chi connectivity index (χ2n) is 8.43. The Morgan fingerprint density at radius 3 is 2.67 bits per heavy atom. The third-order valence-electron chi connectivity index (χ3n) is 5.78. The zero-order chi connectivity index (χ0) is 21.9. The fourth-order valence-electron chi connectivity index (χ4n) is 4.41. The lowest BCUT2D eigenvalue weighted by atomic mass is 9.79. The van der Waals surface area contributed by atoms with Gasteiger partial charge in [0.25, 0.3) is 5.91 Å². The van der Waals surface area contributed by atoms with Crippen molar-refractivity contribution in [2.24, 2.45) is 0 Å². The first-order chi connectivity index (χ1) is 14.3. The molecule has 2 aromatic rings. The van der Waals surface area contributed by atoms with Crippen LogP contribution in [0.3, 0.4) is 0 Å². The highest BCUT2D eigenvalue weighted by atomic mass is 35.5. The summed E-state index contributed by atoms with van der Waals surface area (Å²) in [6, 6.07) is 15.6. The first kappa shape index (κ1) is 21.9. The van der Waals surface area contributed by atoms with Gasteiger partial charge in [0.1, 0.15) is 11.6 Å². The van der Waals surface area contributed by atoms with Gasteiger partial charge in [0.15, 0.2) is 0 Å². The highest BCUT2D eigenvalue weighted by Gasteiger charge is 2.35. The molecule has 30 heavy (non-hydrogen) atoms. The van der Waals surface area contributed by atoms with Crippen molar-refractivity contribution in [3.63, 3.8) is 0 Å². The molecule has 156 valence electrons. The van der Waals surface area contributed by atoms with Crippen LogP contribution in [0, 0.1) is 11.3 Å². The van der Waals surface area contributed by atoms with Crippen LogP contribution >= 0.6 is 11.6 Å². The number of nitrogens with zero attached hydrogens (tertiary/aromatic N) is 2. The van der Waals surface area contributed by atoms with E-state index in [0.717, 1.165) is 24.2 Å². The van der Waals surface area contributed by atoms with E-state index in [1.807, 2.05) is 48.5 Å². The molecule has 4 nitrogen and oxygen atoms in total. The minimum atomic E-state index is -0.403. The predicted octanol–water partition coefficient (Wildman–Crippen LogP) is 5.68. The van der Waals surface area contributed by atoms with Crippen LogP contribution < -0.4 is 10.2 Å². The number of nitrogens with one attached hydrogen (secondary N) is 1. The number of hydrogen-bond acceptors (Lipinski definition) is 3. The molecule has 1 heterocycles. The van der Waals surface area contributed by atoms with E-state index in [1.54, 1.807) is 6.08 Å². The Bertz CT molecular complexity index is 1010. The van der Waals surface area contributed by atoms with E-state index >= 15 is 0 Å². The average molecular weight is 422 g/mol. The number of nitriles is 1. The van der Waals surface area contributed by atoms with Crippen LogP contribution in [0.25, 0.3) is 6.08 Å². The van der Waals surface area contributed by atoms with Crippen LogP contribution in [0.5, 0.6) is 0 Å². The highest BCUT2D eigenvalue weighted by Crippen LogP contribution is 2.45. The maximum absolute atomic E-state index is 12.5. The minimum Gasteiger partial charge on any atom is -0.366 e. The maximum atomic E-state index is 12.5. The molecule has 0 fully saturated rings. The lowest BCUT2D eigenvalue weighted by molar-refractivity contribution is -0.117. The first-order valence-electron chi connectivity index (χ1n) is 10.3. The fraction of sp³-hybridized carbons (Fsp3) is 0.360. The summed E-state index contributed by atoms with van der Waals surface area (Å²) >= 11 is 6.59. The molecule has 0 radical (unpaired) electrons. The summed E-state index contributed by atoms with van der Waals surface area (Å²) in [5.74, 6) is -0.0424. The molecule has 0 bridgehead atoms.